The first-order chi connectivity index (χ1) is 8.00. The van der Waals surface area contributed by atoms with Crippen molar-refractivity contribution < 1.29 is 4.74 Å². The molecule has 1 N–H and O–H groups in total. The van der Waals surface area contributed by atoms with Gasteiger partial charge < -0.3 is 4.74 Å². The predicted molar refractivity (Wildman–Crippen MR) is 67.3 cm³/mol. The number of nitrogens with zero attached hydrogens (tertiary/aromatic N) is 2. The molecule has 96 valence electrons. The molecule has 0 saturated heterocycles. The molecule has 0 aliphatic carbocycles. The molecule has 0 spiro atoms. The lowest BCUT2D eigenvalue weighted by Crippen LogP contribution is -2.39. The average Bonchev–Trinajstić information content (AvgIpc) is 2.23. The van der Waals surface area contributed by atoms with E-state index >= 15 is 0 Å². The second-order valence-electron chi connectivity index (χ2n) is 4.55. The fourth-order valence-electron chi connectivity index (χ4n) is 1.82. The maximum absolute atomic E-state index is 11.0. The van der Waals surface area contributed by atoms with E-state index in [2.05, 4.69) is 42.8 Å². The highest BCUT2D eigenvalue weighted by molar-refractivity contribution is 5.12. The molecule has 5 heteroatoms. The molecule has 0 amide bonds. The van der Waals surface area contributed by atoms with Crippen LogP contribution in [0.25, 0.3) is 0 Å². The molecule has 0 fully saturated rings. The van der Waals surface area contributed by atoms with Gasteiger partial charge in [-0.05, 0) is 27.7 Å². The van der Waals surface area contributed by atoms with Gasteiger partial charge in [-0.1, -0.05) is 0 Å². The molecule has 0 aliphatic rings. The zero-order valence-electron chi connectivity index (χ0n) is 10.9. The van der Waals surface area contributed by atoms with Crippen molar-refractivity contribution in [1.82, 2.24) is 15.1 Å². The lowest BCUT2D eigenvalue weighted by Gasteiger charge is -2.30. The molecule has 0 radical (unpaired) electrons. The number of nitrogens with one attached hydrogen (secondary N) is 1. The van der Waals surface area contributed by atoms with Gasteiger partial charge in [-0.3, -0.25) is 9.69 Å². The molecular formula is C12H21N3O2. The number of rotatable bonds is 6. The van der Waals surface area contributed by atoms with Crippen LogP contribution in [-0.4, -0.2) is 40.3 Å². The van der Waals surface area contributed by atoms with Gasteiger partial charge in [-0.2, -0.15) is 5.10 Å². The van der Waals surface area contributed by atoms with Crippen molar-refractivity contribution in [2.75, 3.05) is 13.2 Å². The molecule has 1 aromatic rings. The molecule has 0 bridgehead atoms. The predicted octanol–water partition coefficient (Wildman–Crippen LogP) is 1.27. The molecule has 5 nitrogen and oxygen atoms in total. The zero-order valence-corrected chi connectivity index (χ0v) is 10.9. The van der Waals surface area contributed by atoms with Crippen LogP contribution >= 0.6 is 0 Å². The third kappa shape index (κ3) is 4.56. The van der Waals surface area contributed by atoms with E-state index in [4.69, 9.17) is 4.74 Å². The van der Waals surface area contributed by atoms with E-state index < -0.39 is 0 Å². The molecule has 17 heavy (non-hydrogen) atoms. The van der Waals surface area contributed by atoms with Gasteiger partial charge in [-0.25, -0.2) is 5.10 Å². The van der Waals surface area contributed by atoms with Crippen LogP contribution in [0.4, 0.5) is 0 Å². The van der Waals surface area contributed by atoms with Crippen LogP contribution < -0.4 is 10.3 Å². The van der Waals surface area contributed by atoms with Crippen LogP contribution in [0, 0.1) is 0 Å². The Bertz CT molecular complexity index is 379. The number of H-pyrrole nitrogens is 1. The van der Waals surface area contributed by atoms with Crippen LogP contribution in [0.2, 0.25) is 0 Å². The van der Waals surface area contributed by atoms with Crippen molar-refractivity contribution in [3.05, 3.63) is 22.6 Å². The maximum Gasteiger partial charge on any atom is 0.267 e. The third-order valence-corrected chi connectivity index (χ3v) is 2.58. The first kappa shape index (κ1) is 13.7. The maximum atomic E-state index is 11.0. The highest BCUT2D eigenvalue weighted by atomic mass is 16.5. The van der Waals surface area contributed by atoms with Gasteiger partial charge >= 0.3 is 0 Å². The van der Waals surface area contributed by atoms with Gasteiger partial charge in [0.1, 0.15) is 12.4 Å². The SMILES string of the molecule is CC(C)N(CCOc1cn[nH]c(=O)c1)C(C)C. The molecular weight excluding hydrogens is 218 g/mol. The molecule has 0 unspecified atom stereocenters. The largest absolute Gasteiger partial charge is 0.490 e. The number of hydrogen-bond donors (Lipinski definition) is 1. The summed E-state index contributed by atoms with van der Waals surface area (Å²) in [6, 6.07) is 2.37. The monoisotopic (exact) mass is 239 g/mol. The van der Waals surface area contributed by atoms with E-state index in [-0.39, 0.29) is 5.56 Å². The minimum atomic E-state index is -0.243. The first-order valence-electron chi connectivity index (χ1n) is 5.94. The molecule has 1 heterocycles. The van der Waals surface area contributed by atoms with E-state index in [1.54, 1.807) is 0 Å². The van der Waals surface area contributed by atoms with Crippen molar-refractivity contribution in [2.24, 2.45) is 0 Å². The van der Waals surface area contributed by atoms with Gasteiger partial charge in [0.05, 0.1) is 6.20 Å². The minimum absolute atomic E-state index is 0.243. The summed E-state index contributed by atoms with van der Waals surface area (Å²) >= 11 is 0. The fraction of sp³-hybridized carbons (Fsp3) is 0.667. The topological polar surface area (TPSA) is 58.2 Å². The summed E-state index contributed by atoms with van der Waals surface area (Å²) in [4.78, 5) is 13.3. The van der Waals surface area contributed by atoms with Gasteiger partial charge in [0.25, 0.3) is 5.56 Å². The summed E-state index contributed by atoms with van der Waals surface area (Å²) in [5.74, 6) is 0.515. The van der Waals surface area contributed by atoms with Crippen molar-refractivity contribution in [1.29, 1.82) is 0 Å². The minimum Gasteiger partial charge on any atom is -0.490 e. The van der Waals surface area contributed by atoms with E-state index in [9.17, 15) is 4.79 Å². The second-order valence-corrected chi connectivity index (χ2v) is 4.55. The number of aromatic amines is 1. The van der Waals surface area contributed by atoms with Gasteiger partial charge in [0.15, 0.2) is 0 Å². The van der Waals surface area contributed by atoms with E-state index in [0.717, 1.165) is 6.54 Å². The summed E-state index contributed by atoms with van der Waals surface area (Å²) in [5, 5.41) is 5.99. The van der Waals surface area contributed by atoms with Crippen LogP contribution in [0.15, 0.2) is 17.1 Å². The first-order valence-corrected chi connectivity index (χ1v) is 5.94. The summed E-state index contributed by atoms with van der Waals surface area (Å²) in [7, 11) is 0. The smallest absolute Gasteiger partial charge is 0.267 e. The van der Waals surface area contributed by atoms with Crippen LogP contribution in [0.3, 0.4) is 0 Å². The van der Waals surface area contributed by atoms with E-state index in [0.29, 0.717) is 24.4 Å². The Hall–Kier alpha value is -1.36. The Morgan fingerprint density at radius 3 is 2.53 bits per heavy atom. The fourth-order valence-corrected chi connectivity index (χ4v) is 1.82. The molecule has 1 aromatic heterocycles. The number of ether oxygens (including phenoxy) is 1. The average molecular weight is 239 g/mol. The van der Waals surface area contributed by atoms with Gasteiger partial charge in [-0.15, -0.1) is 0 Å². The van der Waals surface area contributed by atoms with Crippen molar-refractivity contribution >= 4 is 0 Å². The van der Waals surface area contributed by atoms with Gasteiger partial charge in [0, 0.05) is 24.7 Å². The van der Waals surface area contributed by atoms with E-state index in [1.807, 2.05) is 0 Å². The van der Waals surface area contributed by atoms with Gasteiger partial charge in [0.2, 0.25) is 0 Å². The summed E-state index contributed by atoms with van der Waals surface area (Å²) < 4.78 is 5.49. The summed E-state index contributed by atoms with van der Waals surface area (Å²) in [6.45, 7) is 10.0. The van der Waals surface area contributed by atoms with E-state index in [1.165, 1.54) is 12.3 Å². The number of hydrogen-bond acceptors (Lipinski definition) is 4. The Morgan fingerprint density at radius 1 is 1.35 bits per heavy atom. The molecule has 0 saturated carbocycles. The van der Waals surface area contributed by atoms with Crippen LogP contribution in [0.5, 0.6) is 5.75 Å². The van der Waals surface area contributed by atoms with Crippen molar-refractivity contribution in [2.45, 2.75) is 39.8 Å². The van der Waals surface area contributed by atoms with Crippen molar-refractivity contribution in [3.8, 4) is 5.75 Å². The molecule has 1 rings (SSSR count). The highest BCUT2D eigenvalue weighted by Gasteiger charge is 2.12. The summed E-state index contributed by atoms with van der Waals surface area (Å²) in [5.41, 5.74) is -0.243. The lowest BCUT2D eigenvalue weighted by atomic mass is 10.2. The standard InChI is InChI=1S/C12H21N3O2/c1-9(2)15(10(3)4)5-6-17-11-7-12(16)14-13-8-11/h7-10H,5-6H2,1-4H3,(H,14,16). The number of aromatic nitrogens is 2. The zero-order chi connectivity index (χ0) is 12.8. The Balaban J connectivity index is 2.44. The molecule has 0 aliphatic heterocycles. The Kier molecular flexibility index (Phi) is 5.15. The second kappa shape index (κ2) is 6.39. The van der Waals surface area contributed by atoms with Crippen LogP contribution in [-0.2, 0) is 0 Å². The summed E-state index contributed by atoms with van der Waals surface area (Å²) in [6.07, 6.45) is 1.51. The normalized spacial score (nSPS) is 11.5. The third-order valence-electron chi connectivity index (χ3n) is 2.58. The quantitative estimate of drug-likeness (QED) is 0.812. The highest BCUT2D eigenvalue weighted by Crippen LogP contribution is 2.06. The van der Waals surface area contributed by atoms with Crippen molar-refractivity contribution in [3.63, 3.8) is 0 Å². The molecule has 0 atom stereocenters. The molecule has 0 aromatic carbocycles. The Labute approximate surface area is 102 Å². The van der Waals surface area contributed by atoms with Crippen LogP contribution in [0.1, 0.15) is 27.7 Å². The Morgan fingerprint density at radius 2 is 2.00 bits per heavy atom. The lowest BCUT2D eigenvalue weighted by molar-refractivity contribution is 0.141.